The Balaban J connectivity index is 1.54. The predicted molar refractivity (Wildman–Crippen MR) is 107 cm³/mol. The maximum absolute atomic E-state index is 11.7. The Kier molecular flexibility index (Phi) is 5.18. The van der Waals surface area contributed by atoms with Crippen molar-refractivity contribution in [3.8, 4) is 10.6 Å². The van der Waals surface area contributed by atoms with E-state index in [0.29, 0.717) is 31.3 Å². The van der Waals surface area contributed by atoms with Crippen LogP contribution in [-0.4, -0.2) is 41.2 Å². The fourth-order valence-electron chi connectivity index (χ4n) is 2.84. The van der Waals surface area contributed by atoms with E-state index in [9.17, 15) is 4.79 Å². The van der Waals surface area contributed by atoms with E-state index in [4.69, 9.17) is 9.47 Å². The monoisotopic (exact) mass is 397 g/mol. The van der Waals surface area contributed by atoms with Gasteiger partial charge in [0.25, 0.3) is 0 Å². The quantitative estimate of drug-likeness (QED) is 0.462. The van der Waals surface area contributed by atoms with Gasteiger partial charge in [0.2, 0.25) is 5.95 Å². The number of esters is 1. The second-order valence-corrected chi connectivity index (χ2v) is 7.19. The van der Waals surface area contributed by atoms with Gasteiger partial charge in [0.1, 0.15) is 6.61 Å². The summed E-state index contributed by atoms with van der Waals surface area (Å²) >= 11 is 1.54. The molecule has 1 aliphatic heterocycles. The number of carbonyl (C=O) groups is 1. The summed E-state index contributed by atoms with van der Waals surface area (Å²) in [6, 6.07) is 7.37. The highest BCUT2D eigenvalue weighted by Crippen LogP contribution is 2.32. The van der Waals surface area contributed by atoms with E-state index in [2.05, 4.69) is 25.6 Å². The van der Waals surface area contributed by atoms with Crippen molar-refractivity contribution in [3.63, 3.8) is 0 Å². The molecule has 0 spiro atoms. The van der Waals surface area contributed by atoms with Gasteiger partial charge in [0.05, 0.1) is 28.4 Å². The number of aryl methyl sites for hydroxylation is 1. The van der Waals surface area contributed by atoms with Crippen LogP contribution in [0.25, 0.3) is 10.6 Å². The van der Waals surface area contributed by atoms with E-state index < -0.39 is 0 Å². The van der Waals surface area contributed by atoms with Crippen LogP contribution >= 0.6 is 11.3 Å². The van der Waals surface area contributed by atoms with E-state index in [-0.39, 0.29) is 5.97 Å². The first-order valence-electron chi connectivity index (χ1n) is 8.75. The van der Waals surface area contributed by atoms with Crippen LogP contribution in [0.5, 0.6) is 0 Å². The standard InChI is InChI=1S/C19H19N5O3S/c1-11-16(28-19(22-11)21-7-8-26-2)15-5-6-20-18(24-15)23-13-4-3-12-10-27-17(25)14(12)9-13/h3-6,9H,7-8,10H2,1-2H3,(H,21,22)(H,20,23,24). The Morgan fingerprint density at radius 1 is 1.29 bits per heavy atom. The molecule has 0 atom stereocenters. The molecule has 9 heteroatoms. The van der Waals surface area contributed by atoms with Gasteiger partial charge >= 0.3 is 5.97 Å². The molecule has 3 aromatic rings. The molecule has 4 rings (SSSR count). The van der Waals surface area contributed by atoms with Crippen LogP contribution in [0.2, 0.25) is 0 Å². The third kappa shape index (κ3) is 3.80. The first-order chi connectivity index (χ1) is 13.6. The predicted octanol–water partition coefficient (Wildman–Crippen LogP) is 3.38. The molecular weight excluding hydrogens is 378 g/mol. The van der Waals surface area contributed by atoms with Crippen molar-refractivity contribution in [1.29, 1.82) is 0 Å². The third-order valence-electron chi connectivity index (χ3n) is 4.21. The van der Waals surface area contributed by atoms with E-state index in [0.717, 1.165) is 32.6 Å². The summed E-state index contributed by atoms with van der Waals surface area (Å²) in [6.45, 7) is 3.59. The SMILES string of the molecule is COCCNc1nc(C)c(-c2ccnc(Nc3ccc4c(c3)C(=O)OC4)n2)s1. The van der Waals surface area contributed by atoms with Crippen molar-refractivity contribution in [3.05, 3.63) is 47.3 Å². The van der Waals surface area contributed by atoms with Crippen molar-refractivity contribution in [2.45, 2.75) is 13.5 Å². The van der Waals surface area contributed by atoms with E-state index in [1.54, 1.807) is 19.4 Å². The third-order valence-corrected chi connectivity index (χ3v) is 5.35. The van der Waals surface area contributed by atoms with Gasteiger partial charge in [-0.3, -0.25) is 0 Å². The average molecular weight is 397 g/mol. The number of methoxy groups -OCH3 is 1. The fraction of sp³-hybridized carbons (Fsp3) is 0.263. The number of fused-ring (bicyclic) bond motifs is 1. The van der Waals surface area contributed by atoms with Gasteiger partial charge in [-0.25, -0.2) is 19.7 Å². The van der Waals surface area contributed by atoms with Gasteiger partial charge in [-0.2, -0.15) is 0 Å². The van der Waals surface area contributed by atoms with Crippen LogP contribution in [0.3, 0.4) is 0 Å². The number of ether oxygens (including phenoxy) is 2. The zero-order chi connectivity index (χ0) is 19.5. The molecule has 1 aromatic carbocycles. The number of benzene rings is 1. The molecule has 2 aromatic heterocycles. The summed E-state index contributed by atoms with van der Waals surface area (Å²) in [5, 5.41) is 7.22. The molecular formula is C19H19N5O3S. The number of hydrogen-bond donors (Lipinski definition) is 2. The summed E-state index contributed by atoms with van der Waals surface area (Å²) in [6.07, 6.45) is 1.70. The molecule has 2 N–H and O–H groups in total. The lowest BCUT2D eigenvalue weighted by molar-refractivity contribution is 0.0535. The number of cyclic esters (lactones) is 1. The molecule has 0 fully saturated rings. The molecule has 0 saturated heterocycles. The van der Waals surface area contributed by atoms with Crippen LogP contribution in [0, 0.1) is 6.92 Å². The summed E-state index contributed by atoms with van der Waals surface area (Å²) in [4.78, 5) is 26.1. The van der Waals surface area contributed by atoms with Crippen LogP contribution in [0.1, 0.15) is 21.6 Å². The number of nitrogens with zero attached hydrogens (tertiary/aromatic N) is 3. The topological polar surface area (TPSA) is 98.3 Å². The summed E-state index contributed by atoms with van der Waals surface area (Å²) in [5.41, 5.74) is 3.88. The number of hydrogen-bond acceptors (Lipinski definition) is 9. The number of rotatable bonds is 7. The maximum Gasteiger partial charge on any atom is 0.338 e. The Hall–Kier alpha value is -3.04. The van der Waals surface area contributed by atoms with Gasteiger partial charge < -0.3 is 20.1 Å². The molecule has 3 heterocycles. The van der Waals surface area contributed by atoms with Gasteiger partial charge in [0.15, 0.2) is 5.13 Å². The Morgan fingerprint density at radius 3 is 3.04 bits per heavy atom. The number of carbonyl (C=O) groups excluding carboxylic acids is 1. The summed E-state index contributed by atoms with van der Waals surface area (Å²) < 4.78 is 10.1. The fourth-order valence-corrected chi connectivity index (χ4v) is 3.80. The highest BCUT2D eigenvalue weighted by Gasteiger charge is 2.21. The normalized spacial score (nSPS) is 12.6. The zero-order valence-corrected chi connectivity index (χ0v) is 16.3. The van der Waals surface area contributed by atoms with Crippen molar-refractivity contribution < 1.29 is 14.3 Å². The van der Waals surface area contributed by atoms with Crippen molar-refractivity contribution in [2.75, 3.05) is 30.9 Å². The molecule has 28 heavy (non-hydrogen) atoms. The minimum atomic E-state index is -0.304. The zero-order valence-electron chi connectivity index (χ0n) is 15.5. The number of anilines is 3. The first-order valence-corrected chi connectivity index (χ1v) is 9.56. The molecule has 0 saturated carbocycles. The smallest absolute Gasteiger partial charge is 0.338 e. The van der Waals surface area contributed by atoms with E-state index in [1.165, 1.54) is 11.3 Å². The van der Waals surface area contributed by atoms with Crippen molar-refractivity contribution >= 4 is 34.1 Å². The maximum atomic E-state index is 11.7. The minimum absolute atomic E-state index is 0.304. The summed E-state index contributed by atoms with van der Waals surface area (Å²) in [7, 11) is 1.67. The average Bonchev–Trinajstić information content (AvgIpc) is 3.25. The molecule has 1 aliphatic rings. The van der Waals surface area contributed by atoms with Crippen LogP contribution in [0.4, 0.5) is 16.8 Å². The lowest BCUT2D eigenvalue weighted by Gasteiger charge is -2.07. The lowest BCUT2D eigenvalue weighted by Crippen LogP contribution is -2.06. The number of aromatic nitrogens is 3. The Labute approximate surface area is 166 Å². The molecule has 0 amide bonds. The van der Waals surface area contributed by atoms with Gasteiger partial charge in [0, 0.05) is 31.1 Å². The Morgan fingerprint density at radius 2 is 2.18 bits per heavy atom. The first kappa shape index (κ1) is 18.3. The molecule has 8 nitrogen and oxygen atoms in total. The van der Waals surface area contributed by atoms with Crippen LogP contribution < -0.4 is 10.6 Å². The second kappa shape index (κ2) is 7.91. The summed E-state index contributed by atoms with van der Waals surface area (Å²) in [5.74, 6) is 0.146. The molecule has 0 bridgehead atoms. The lowest BCUT2D eigenvalue weighted by atomic mass is 10.1. The second-order valence-electron chi connectivity index (χ2n) is 6.19. The van der Waals surface area contributed by atoms with Crippen molar-refractivity contribution in [1.82, 2.24) is 15.0 Å². The van der Waals surface area contributed by atoms with Gasteiger partial charge in [-0.05, 0) is 25.1 Å². The van der Waals surface area contributed by atoms with E-state index in [1.807, 2.05) is 25.1 Å². The van der Waals surface area contributed by atoms with E-state index >= 15 is 0 Å². The largest absolute Gasteiger partial charge is 0.457 e. The Bertz CT molecular complexity index is 1020. The number of nitrogens with one attached hydrogen (secondary N) is 2. The van der Waals surface area contributed by atoms with Crippen molar-refractivity contribution in [2.24, 2.45) is 0 Å². The minimum Gasteiger partial charge on any atom is -0.457 e. The number of thiazole rings is 1. The molecule has 0 aliphatic carbocycles. The molecule has 144 valence electrons. The molecule has 0 unspecified atom stereocenters. The molecule has 0 radical (unpaired) electrons. The van der Waals surface area contributed by atoms with Crippen LogP contribution in [0.15, 0.2) is 30.5 Å². The van der Waals surface area contributed by atoms with Gasteiger partial charge in [-0.1, -0.05) is 17.4 Å². The van der Waals surface area contributed by atoms with Gasteiger partial charge in [-0.15, -0.1) is 0 Å². The highest BCUT2D eigenvalue weighted by molar-refractivity contribution is 7.19. The van der Waals surface area contributed by atoms with Crippen LogP contribution in [-0.2, 0) is 16.1 Å². The highest BCUT2D eigenvalue weighted by atomic mass is 32.1.